The summed E-state index contributed by atoms with van der Waals surface area (Å²) in [6, 6.07) is 2.59. The van der Waals surface area contributed by atoms with Crippen LogP contribution in [0.2, 0.25) is 0 Å². The molecule has 2 heterocycles. The van der Waals surface area contributed by atoms with Crippen molar-refractivity contribution in [3.8, 4) is 0 Å². The highest BCUT2D eigenvalue weighted by molar-refractivity contribution is 5.58. The van der Waals surface area contributed by atoms with Crippen LogP contribution < -0.4 is 22.2 Å². The molecule has 0 aliphatic carbocycles. The molecular weight excluding hydrogens is 264 g/mol. The molecule has 20 heavy (non-hydrogen) atoms. The molecule has 0 bridgehead atoms. The van der Waals surface area contributed by atoms with Crippen LogP contribution in [0.4, 0.5) is 5.95 Å². The van der Waals surface area contributed by atoms with E-state index in [-0.39, 0.29) is 18.1 Å². The van der Waals surface area contributed by atoms with Crippen LogP contribution >= 0.6 is 0 Å². The molecule has 0 atom stereocenters. The number of nitrogens with zero attached hydrogens (tertiary/aromatic N) is 3. The summed E-state index contributed by atoms with van der Waals surface area (Å²) in [5.41, 5.74) is 1.84. The van der Waals surface area contributed by atoms with E-state index >= 15 is 0 Å². The highest BCUT2D eigenvalue weighted by Gasteiger charge is 1.96. The molecule has 0 unspecified atom stereocenters. The fourth-order valence-corrected chi connectivity index (χ4v) is 1.46. The van der Waals surface area contributed by atoms with Crippen molar-refractivity contribution in [1.29, 1.82) is 0 Å². The Hall–Kier alpha value is -2.97. The molecule has 104 valence electrons. The van der Waals surface area contributed by atoms with E-state index in [4.69, 9.17) is 0 Å². The Balaban J connectivity index is 2.02. The van der Waals surface area contributed by atoms with E-state index in [1.807, 2.05) is 0 Å². The van der Waals surface area contributed by atoms with Crippen LogP contribution in [0.1, 0.15) is 5.69 Å². The smallest absolute Gasteiger partial charge is 0.295 e. The van der Waals surface area contributed by atoms with Gasteiger partial charge < -0.3 is 0 Å². The van der Waals surface area contributed by atoms with Crippen molar-refractivity contribution in [1.82, 2.24) is 19.5 Å². The van der Waals surface area contributed by atoms with Crippen molar-refractivity contribution in [2.75, 3.05) is 5.43 Å². The summed E-state index contributed by atoms with van der Waals surface area (Å²) in [6.07, 6.45) is 2.77. The molecule has 9 heteroatoms. The fraction of sp³-hybridized carbons (Fsp3) is 0.182. The minimum Gasteiger partial charge on any atom is -0.295 e. The summed E-state index contributed by atoms with van der Waals surface area (Å²) in [4.78, 5) is 42.0. The van der Waals surface area contributed by atoms with Gasteiger partial charge >= 0.3 is 5.69 Å². The zero-order valence-electron chi connectivity index (χ0n) is 10.6. The highest BCUT2D eigenvalue weighted by atomic mass is 16.2. The minimum atomic E-state index is -0.522. The summed E-state index contributed by atoms with van der Waals surface area (Å²) in [5, 5.41) is 3.82. The zero-order chi connectivity index (χ0) is 14.5. The van der Waals surface area contributed by atoms with Crippen LogP contribution in [-0.2, 0) is 6.54 Å². The number of hydrazone groups is 1. The van der Waals surface area contributed by atoms with Crippen LogP contribution in [0.15, 0.2) is 37.8 Å². The minimum absolute atomic E-state index is 0.165. The number of H-pyrrole nitrogens is 2. The summed E-state index contributed by atoms with van der Waals surface area (Å²) in [6.45, 7) is 1.85. The van der Waals surface area contributed by atoms with Crippen LogP contribution in [-0.4, -0.2) is 25.7 Å². The first-order valence-corrected chi connectivity index (χ1v) is 5.70. The average Bonchev–Trinajstić information content (AvgIpc) is 2.35. The summed E-state index contributed by atoms with van der Waals surface area (Å²) in [7, 11) is 0. The zero-order valence-corrected chi connectivity index (χ0v) is 10.6. The molecule has 0 aliphatic heterocycles. The van der Waals surface area contributed by atoms with E-state index in [1.54, 1.807) is 6.92 Å². The van der Waals surface area contributed by atoms with Crippen molar-refractivity contribution >= 4 is 12.2 Å². The first-order valence-electron chi connectivity index (χ1n) is 5.70. The predicted molar refractivity (Wildman–Crippen MR) is 73.0 cm³/mol. The molecule has 0 amide bonds. The Labute approximate surface area is 112 Å². The van der Waals surface area contributed by atoms with Gasteiger partial charge in [-0.3, -0.25) is 24.1 Å². The number of hydrogen-bond donors (Lipinski definition) is 3. The molecule has 0 saturated heterocycles. The van der Waals surface area contributed by atoms with Gasteiger partial charge in [-0.25, -0.2) is 15.2 Å². The Kier molecular flexibility index (Phi) is 3.89. The van der Waals surface area contributed by atoms with Gasteiger partial charge in [0.25, 0.3) is 11.1 Å². The molecule has 2 aromatic rings. The Morgan fingerprint density at radius 3 is 2.85 bits per heavy atom. The van der Waals surface area contributed by atoms with Crippen LogP contribution in [0.25, 0.3) is 0 Å². The van der Waals surface area contributed by atoms with E-state index in [0.717, 1.165) is 0 Å². The van der Waals surface area contributed by atoms with Gasteiger partial charge in [0, 0.05) is 30.2 Å². The maximum atomic E-state index is 11.4. The molecule has 0 aliphatic rings. The maximum absolute atomic E-state index is 11.4. The van der Waals surface area contributed by atoms with Crippen molar-refractivity contribution in [2.45, 2.75) is 13.5 Å². The Morgan fingerprint density at radius 1 is 1.35 bits per heavy atom. The summed E-state index contributed by atoms with van der Waals surface area (Å²) < 4.78 is 1.26. The lowest BCUT2D eigenvalue weighted by Crippen LogP contribution is -2.29. The lowest BCUT2D eigenvalue weighted by atomic mass is 10.5. The quantitative estimate of drug-likeness (QED) is 0.489. The van der Waals surface area contributed by atoms with Gasteiger partial charge in [-0.1, -0.05) is 0 Å². The molecule has 0 spiro atoms. The Morgan fingerprint density at radius 2 is 2.15 bits per heavy atom. The van der Waals surface area contributed by atoms with E-state index in [2.05, 4.69) is 25.5 Å². The number of aromatic nitrogens is 4. The molecule has 2 aromatic heterocycles. The van der Waals surface area contributed by atoms with Crippen LogP contribution in [0.3, 0.4) is 0 Å². The molecule has 9 nitrogen and oxygen atoms in total. The monoisotopic (exact) mass is 276 g/mol. The van der Waals surface area contributed by atoms with E-state index < -0.39 is 11.2 Å². The third-order valence-corrected chi connectivity index (χ3v) is 2.31. The van der Waals surface area contributed by atoms with Crippen LogP contribution in [0.5, 0.6) is 0 Å². The first-order chi connectivity index (χ1) is 9.54. The number of hydrogen-bond acceptors (Lipinski definition) is 6. The van der Waals surface area contributed by atoms with Crippen LogP contribution in [0, 0.1) is 6.92 Å². The van der Waals surface area contributed by atoms with Crippen molar-refractivity contribution in [3.63, 3.8) is 0 Å². The molecule has 0 radical (unpaired) electrons. The molecule has 0 fully saturated rings. The molecule has 3 N–H and O–H groups in total. The SMILES string of the molecule is Cc1cc(=O)[nH]c(NN=CCn2ccc(=O)[nH]c2=O)n1. The number of anilines is 1. The van der Waals surface area contributed by atoms with E-state index in [1.165, 1.54) is 29.1 Å². The molecule has 2 rings (SSSR count). The van der Waals surface area contributed by atoms with E-state index in [0.29, 0.717) is 5.69 Å². The van der Waals surface area contributed by atoms with Crippen molar-refractivity contribution in [3.05, 3.63) is 55.2 Å². The molecule has 0 aromatic carbocycles. The van der Waals surface area contributed by atoms with Gasteiger partial charge in [0.15, 0.2) is 0 Å². The fourth-order valence-electron chi connectivity index (χ4n) is 1.46. The van der Waals surface area contributed by atoms with Gasteiger partial charge in [0.1, 0.15) is 0 Å². The Bertz CT molecular complexity index is 801. The maximum Gasteiger partial charge on any atom is 0.328 e. The van der Waals surface area contributed by atoms with Gasteiger partial charge in [0.2, 0.25) is 5.95 Å². The largest absolute Gasteiger partial charge is 0.328 e. The topological polar surface area (TPSA) is 125 Å². The molecular formula is C11H12N6O3. The van der Waals surface area contributed by atoms with Crippen molar-refractivity contribution < 1.29 is 0 Å². The number of aryl methyl sites for hydroxylation is 1. The highest BCUT2D eigenvalue weighted by Crippen LogP contribution is 1.94. The average molecular weight is 276 g/mol. The summed E-state index contributed by atoms with van der Waals surface area (Å²) in [5.74, 6) is 0.208. The number of aromatic amines is 2. The van der Waals surface area contributed by atoms with Gasteiger partial charge in [0.05, 0.1) is 6.54 Å². The standard InChI is InChI=1S/C11H12N6O3/c1-7-6-9(19)14-10(13-7)16-12-3-5-17-4-2-8(18)15-11(17)20/h2-4,6H,5H2,1H3,(H,15,18,20)(H2,13,14,16,19). The number of nitrogens with one attached hydrogen (secondary N) is 3. The normalized spacial score (nSPS) is 10.8. The lowest BCUT2D eigenvalue weighted by Gasteiger charge is -2.01. The van der Waals surface area contributed by atoms with Gasteiger partial charge in [-0.05, 0) is 6.92 Å². The predicted octanol–water partition coefficient (Wildman–Crippen LogP) is -0.974. The second-order valence-electron chi connectivity index (χ2n) is 3.92. The third kappa shape index (κ3) is 3.51. The molecule has 0 saturated carbocycles. The number of rotatable bonds is 4. The van der Waals surface area contributed by atoms with Gasteiger partial charge in [-0.15, -0.1) is 0 Å². The third-order valence-electron chi connectivity index (χ3n) is 2.31. The second-order valence-corrected chi connectivity index (χ2v) is 3.92. The van der Waals surface area contributed by atoms with E-state index in [9.17, 15) is 14.4 Å². The van der Waals surface area contributed by atoms with Gasteiger partial charge in [-0.2, -0.15) is 5.10 Å². The first kappa shape index (κ1) is 13.5. The summed E-state index contributed by atoms with van der Waals surface area (Å²) >= 11 is 0. The lowest BCUT2D eigenvalue weighted by molar-refractivity contribution is 0.764. The van der Waals surface area contributed by atoms with Crippen molar-refractivity contribution in [2.24, 2.45) is 5.10 Å². The second kappa shape index (κ2) is 5.78.